The van der Waals surface area contributed by atoms with Crippen molar-refractivity contribution in [1.29, 1.82) is 0 Å². The van der Waals surface area contributed by atoms with Gasteiger partial charge in [0.2, 0.25) is 0 Å². The number of hydrogen-bond acceptors (Lipinski definition) is 3. The van der Waals surface area contributed by atoms with Crippen LogP contribution in [0.5, 0.6) is 0 Å². The second-order valence-corrected chi connectivity index (χ2v) is 4.74. The molecule has 0 unspecified atom stereocenters. The molecule has 0 aliphatic carbocycles. The van der Waals surface area contributed by atoms with Gasteiger partial charge in [-0.1, -0.05) is 6.07 Å². The van der Waals surface area contributed by atoms with Gasteiger partial charge in [0.25, 0.3) is 0 Å². The molecule has 0 amide bonds. The minimum Gasteiger partial charge on any atom is -0.334 e. The number of imidazole rings is 1. The third kappa shape index (κ3) is 2.02. The first-order valence-electron chi connectivity index (χ1n) is 6.33. The first-order valence-corrected chi connectivity index (χ1v) is 6.33. The molecule has 2 N–H and O–H groups in total. The number of aryl methyl sites for hydroxylation is 2. The molecule has 0 saturated carbocycles. The molecule has 1 aromatic carbocycles. The first kappa shape index (κ1) is 11.9. The number of benzene rings is 1. The van der Waals surface area contributed by atoms with Gasteiger partial charge in [0.05, 0.1) is 23.1 Å². The van der Waals surface area contributed by atoms with Crippen molar-refractivity contribution in [3.8, 4) is 11.3 Å². The van der Waals surface area contributed by atoms with E-state index in [1.807, 2.05) is 29.7 Å². The van der Waals surface area contributed by atoms with Crippen LogP contribution in [-0.4, -0.2) is 25.9 Å². The Kier molecular flexibility index (Phi) is 2.83. The highest BCUT2D eigenvalue weighted by Gasteiger charge is 2.08. The summed E-state index contributed by atoms with van der Waals surface area (Å²) in [7, 11) is 3.95. The summed E-state index contributed by atoms with van der Waals surface area (Å²) < 4.78 is 3.90. The van der Waals surface area contributed by atoms with Crippen LogP contribution in [0, 0.1) is 0 Å². The van der Waals surface area contributed by atoms with E-state index in [1.54, 1.807) is 0 Å². The molecule has 0 atom stereocenters. The van der Waals surface area contributed by atoms with Crippen LogP contribution < -0.4 is 5.73 Å². The average Bonchev–Trinajstić information content (AvgIpc) is 2.95. The van der Waals surface area contributed by atoms with Crippen molar-refractivity contribution in [2.75, 3.05) is 6.54 Å². The average molecular weight is 255 g/mol. The van der Waals surface area contributed by atoms with E-state index in [0.717, 1.165) is 34.4 Å². The van der Waals surface area contributed by atoms with Crippen LogP contribution in [0.3, 0.4) is 0 Å². The largest absolute Gasteiger partial charge is 0.334 e. The summed E-state index contributed by atoms with van der Waals surface area (Å²) in [6, 6.07) is 8.33. The van der Waals surface area contributed by atoms with Crippen molar-refractivity contribution in [3.05, 3.63) is 36.3 Å². The van der Waals surface area contributed by atoms with E-state index in [2.05, 4.69) is 34.3 Å². The van der Waals surface area contributed by atoms with E-state index in [0.29, 0.717) is 6.54 Å². The number of hydrogen-bond donors (Lipinski definition) is 1. The lowest BCUT2D eigenvalue weighted by atomic mass is 10.1. The Morgan fingerprint density at radius 2 is 2.05 bits per heavy atom. The van der Waals surface area contributed by atoms with Crippen LogP contribution >= 0.6 is 0 Å². The molecule has 0 aliphatic heterocycles. The van der Waals surface area contributed by atoms with Gasteiger partial charge in [-0.3, -0.25) is 4.68 Å². The van der Waals surface area contributed by atoms with Crippen LogP contribution in [0.15, 0.2) is 30.6 Å². The van der Waals surface area contributed by atoms with E-state index in [9.17, 15) is 0 Å². The lowest BCUT2D eigenvalue weighted by Crippen LogP contribution is -2.06. The molecule has 0 spiro atoms. The van der Waals surface area contributed by atoms with Gasteiger partial charge in [0.15, 0.2) is 0 Å². The van der Waals surface area contributed by atoms with Crippen molar-refractivity contribution >= 4 is 11.0 Å². The standard InChI is InChI=1S/C14H17N5/c1-18-9-16-13-7-10(3-4-14(13)18)12-8-11(5-6-15)19(2)17-12/h3-4,7-9H,5-6,15H2,1-2H3. The smallest absolute Gasteiger partial charge is 0.0955 e. The normalized spacial score (nSPS) is 11.3. The van der Waals surface area contributed by atoms with Gasteiger partial charge >= 0.3 is 0 Å². The van der Waals surface area contributed by atoms with E-state index in [-0.39, 0.29) is 0 Å². The van der Waals surface area contributed by atoms with E-state index in [1.165, 1.54) is 0 Å². The summed E-state index contributed by atoms with van der Waals surface area (Å²) in [5.41, 5.74) is 10.9. The molecule has 2 aromatic heterocycles. The van der Waals surface area contributed by atoms with Gasteiger partial charge in [-0.25, -0.2) is 4.98 Å². The summed E-state index contributed by atoms with van der Waals surface area (Å²) >= 11 is 0. The van der Waals surface area contributed by atoms with Crippen LogP contribution in [-0.2, 0) is 20.5 Å². The lowest BCUT2D eigenvalue weighted by Gasteiger charge is -1.98. The molecule has 5 heteroatoms. The zero-order valence-corrected chi connectivity index (χ0v) is 11.2. The van der Waals surface area contributed by atoms with Crippen molar-refractivity contribution < 1.29 is 0 Å². The highest BCUT2D eigenvalue weighted by molar-refractivity contribution is 5.81. The van der Waals surface area contributed by atoms with Gasteiger partial charge in [-0.15, -0.1) is 0 Å². The number of fused-ring (bicyclic) bond motifs is 1. The van der Waals surface area contributed by atoms with Gasteiger partial charge in [0.1, 0.15) is 0 Å². The van der Waals surface area contributed by atoms with Crippen LogP contribution in [0.25, 0.3) is 22.3 Å². The molecule has 0 radical (unpaired) electrons. The fourth-order valence-electron chi connectivity index (χ4n) is 2.32. The van der Waals surface area contributed by atoms with E-state index < -0.39 is 0 Å². The molecule has 0 aliphatic rings. The fourth-order valence-corrected chi connectivity index (χ4v) is 2.32. The summed E-state index contributed by atoms with van der Waals surface area (Å²) in [6.07, 6.45) is 2.67. The Labute approximate surface area is 111 Å². The van der Waals surface area contributed by atoms with Crippen LogP contribution in [0.1, 0.15) is 5.69 Å². The van der Waals surface area contributed by atoms with Crippen molar-refractivity contribution in [1.82, 2.24) is 19.3 Å². The zero-order valence-electron chi connectivity index (χ0n) is 11.2. The topological polar surface area (TPSA) is 61.7 Å². The first-order chi connectivity index (χ1) is 9.19. The molecule has 98 valence electrons. The van der Waals surface area contributed by atoms with Crippen molar-refractivity contribution in [2.45, 2.75) is 6.42 Å². The van der Waals surface area contributed by atoms with E-state index >= 15 is 0 Å². The Balaban J connectivity index is 2.05. The number of aromatic nitrogens is 4. The number of rotatable bonds is 3. The number of nitrogens with zero attached hydrogens (tertiary/aromatic N) is 4. The van der Waals surface area contributed by atoms with Crippen LogP contribution in [0.2, 0.25) is 0 Å². The second kappa shape index (κ2) is 4.51. The zero-order chi connectivity index (χ0) is 13.4. The van der Waals surface area contributed by atoms with Crippen LogP contribution in [0.4, 0.5) is 0 Å². The monoisotopic (exact) mass is 255 g/mol. The third-order valence-electron chi connectivity index (χ3n) is 3.40. The summed E-state index contributed by atoms with van der Waals surface area (Å²) in [5, 5.41) is 4.54. The highest BCUT2D eigenvalue weighted by atomic mass is 15.3. The molecule has 0 bridgehead atoms. The maximum absolute atomic E-state index is 5.60. The molecule has 3 aromatic rings. The highest BCUT2D eigenvalue weighted by Crippen LogP contribution is 2.23. The Hall–Kier alpha value is -2.14. The van der Waals surface area contributed by atoms with Gasteiger partial charge in [0, 0.05) is 31.8 Å². The van der Waals surface area contributed by atoms with Gasteiger partial charge in [-0.05, 0) is 24.7 Å². The fraction of sp³-hybridized carbons (Fsp3) is 0.286. The third-order valence-corrected chi connectivity index (χ3v) is 3.40. The Morgan fingerprint density at radius 1 is 1.21 bits per heavy atom. The van der Waals surface area contributed by atoms with Gasteiger partial charge in [-0.2, -0.15) is 5.10 Å². The SMILES string of the molecule is Cn1nc(-c2ccc3c(c2)ncn3C)cc1CCN. The summed E-state index contributed by atoms with van der Waals surface area (Å²) in [4.78, 5) is 4.38. The van der Waals surface area contributed by atoms with Crippen molar-refractivity contribution in [2.24, 2.45) is 19.8 Å². The molecule has 0 saturated heterocycles. The molecule has 5 nitrogen and oxygen atoms in total. The molecule has 0 fully saturated rings. The number of nitrogens with two attached hydrogens (primary N) is 1. The minimum absolute atomic E-state index is 0.637. The molecule has 3 rings (SSSR count). The Morgan fingerprint density at radius 3 is 2.84 bits per heavy atom. The molecular formula is C14H17N5. The maximum atomic E-state index is 5.60. The van der Waals surface area contributed by atoms with Gasteiger partial charge < -0.3 is 10.3 Å². The lowest BCUT2D eigenvalue weighted by molar-refractivity contribution is 0.708. The van der Waals surface area contributed by atoms with E-state index in [4.69, 9.17) is 5.73 Å². The molecule has 19 heavy (non-hydrogen) atoms. The second-order valence-electron chi connectivity index (χ2n) is 4.74. The summed E-state index contributed by atoms with van der Waals surface area (Å²) in [6.45, 7) is 0.637. The minimum atomic E-state index is 0.637. The predicted octanol–water partition coefficient (Wildman–Crippen LogP) is 1.47. The molecule has 2 heterocycles. The maximum Gasteiger partial charge on any atom is 0.0955 e. The quantitative estimate of drug-likeness (QED) is 0.771. The predicted molar refractivity (Wildman–Crippen MR) is 75.7 cm³/mol. The van der Waals surface area contributed by atoms with Crippen molar-refractivity contribution in [3.63, 3.8) is 0 Å². The molecular weight excluding hydrogens is 238 g/mol. The Bertz CT molecular complexity index is 723. The summed E-state index contributed by atoms with van der Waals surface area (Å²) in [5.74, 6) is 0.